The van der Waals surface area contributed by atoms with Gasteiger partial charge in [-0.25, -0.2) is 5.43 Å². The first-order chi connectivity index (χ1) is 12.6. The third kappa shape index (κ3) is 3.00. The predicted octanol–water partition coefficient (Wildman–Crippen LogP) is 1.04. The number of amides is 1. The minimum Gasteiger partial charge on any atom is -0.467 e. The molecule has 2 aliphatic rings. The van der Waals surface area contributed by atoms with Crippen LogP contribution in [0.4, 0.5) is 5.69 Å². The number of hydrazine groups is 1. The summed E-state index contributed by atoms with van der Waals surface area (Å²) in [4.78, 5) is 25.5. The number of carbonyl (C=O) groups excluding carboxylic acids is 2. The minimum absolute atomic E-state index is 0.0240. The maximum Gasteiger partial charge on any atom is 0.232 e. The highest BCUT2D eigenvalue weighted by atomic mass is 16.3. The molecule has 7 nitrogen and oxygen atoms in total. The highest BCUT2D eigenvalue weighted by Crippen LogP contribution is 2.31. The fourth-order valence-corrected chi connectivity index (χ4v) is 3.76. The average Bonchev–Trinajstić information content (AvgIpc) is 3.29. The van der Waals surface area contributed by atoms with Crippen molar-refractivity contribution in [2.75, 3.05) is 11.6 Å². The van der Waals surface area contributed by atoms with Crippen LogP contribution in [0.5, 0.6) is 0 Å². The van der Waals surface area contributed by atoms with E-state index in [1.807, 2.05) is 42.3 Å². The predicted molar refractivity (Wildman–Crippen MR) is 95.9 cm³/mol. The van der Waals surface area contributed by atoms with Crippen molar-refractivity contribution in [2.45, 2.75) is 25.7 Å². The molecule has 0 saturated carbocycles. The zero-order valence-electron chi connectivity index (χ0n) is 14.5. The Morgan fingerprint density at radius 1 is 1.27 bits per heavy atom. The Labute approximate surface area is 151 Å². The third-order valence-corrected chi connectivity index (χ3v) is 5.07. The number of hydrogen-bond acceptors (Lipinski definition) is 6. The lowest BCUT2D eigenvalue weighted by molar-refractivity contribution is -0.138. The van der Waals surface area contributed by atoms with Crippen LogP contribution < -0.4 is 21.1 Å². The molecule has 1 aromatic heterocycles. The molecule has 3 N–H and O–H groups in total. The number of nitrogens with zero attached hydrogens (tertiary/aromatic N) is 1. The SMILES string of the molecule is CC1NN(c2ccccc2)C2NCC(C(=O)NCc3ccco3)C(=O)C12. The number of hydrogen-bond donors (Lipinski definition) is 3. The summed E-state index contributed by atoms with van der Waals surface area (Å²) in [5.41, 5.74) is 4.35. The van der Waals surface area contributed by atoms with Gasteiger partial charge in [-0.3, -0.25) is 19.9 Å². The average molecular weight is 354 g/mol. The molecule has 4 rings (SSSR count). The molecule has 0 bridgehead atoms. The van der Waals surface area contributed by atoms with E-state index in [9.17, 15) is 9.59 Å². The molecular formula is C19H22N4O3. The monoisotopic (exact) mass is 354 g/mol. The Bertz CT molecular complexity index is 777. The van der Waals surface area contributed by atoms with E-state index in [0.29, 0.717) is 12.3 Å². The third-order valence-electron chi connectivity index (χ3n) is 5.07. The fraction of sp³-hybridized carbons (Fsp3) is 0.368. The number of nitrogens with one attached hydrogen (secondary N) is 3. The van der Waals surface area contributed by atoms with Crippen molar-refractivity contribution >= 4 is 17.4 Å². The molecule has 136 valence electrons. The Morgan fingerprint density at radius 2 is 2.08 bits per heavy atom. The van der Waals surface area contributed by atoms with Gasteiger partial charge in [-0.2, -0.15) is 0 Å². The smallest absolute Gasteiger partial charge is 0.232 e. The molecular weight excluding hydrogens is 332 g/mol. The van der Waals surface area contributed by atoms with Gasteiger partial charge >= 0.3 is 0 Å². The van der Waals surface area contributed by atoms with Crippen molar-refractivity contribution < 1.29 is 14.0 Å². The second-order valence-corrected chi connectivity index (χ2v) is 6.75. The van der Waals surface area contributed by atoms with Gasteiger partial charge in [0.2, 0.25) is 5.91 Å². The Morgan fingerprint density at radius 3 is 2.81 bits per heavy atom. The minimum atomic E-state index is -0.689. The molecule has 2 saturated heterocycles. The normalized spacial score (nSPS) is 28.0. The lowest BCUT2D eigenvalue weighted by atomic mass is 9.83. The van der Waals surface area contributed by atoms with Crippen molar-refractivity contribution in [2.24, 2.45) is 11.8 Å². The topological polar surface area (TPSA) is 86.6 Å². The molecule has 2 aromatic rings. The van der Waals surface area contributed by atoms with Gasteiger partial charge in [0.25, 0.3) is 0 Å². The zero-order chi connectivity index (χ0) is 18.1. The molecule has 4 atom stereocenters. The molecule has 4 unspecified atom stereocenters. The lowest BCUT2D eigenvalue weighted by Gasteiger charge is -2.35. The first-order valence-corrected chi connectivity index (χ1v) is 8.83. The molecule has 1 amide bonds. The van der Waals surface area contributed by atoms with Gasteiger partial charge in [-0.1, -0.05) is 18.2 Å². The number of para-hydroxylation sites is 1. The van der Waals surface area contributed by atoms with E-state index in [2.05, 4.69) is 16.1 Å². The number of piperidine rings is 1. The van der Waals surface area contributed by atoms with E-state index in [1.165, 1.54) is 0 Å². The number of benzene rings is 1. The number of fused-ring (bicyclic) bond motifs is 1. The molecule has 2 fully saturated rings. The molecule has 3 heterocycles. The highest BCUT2D eigenvalue weighted by molar-refractivity contribution is 6.04. The number of rotatable bonds is 4. The van der Waals surface area contributed by atoms with E-state index in [-0.39, 0.29) is 36.4 Å². The van der Waals surface area contributed by atoms with E-state index in [0.717, 1.165) is 5.69 Å². The van der Waals surface area contributed by atoms with Gasteiger partial charge in [0, 0.05) is 12.6 Å². The Hall–Kier alpha value is -2.64. The summed E-state index contributed by atoms with van der Waals surface area (Å²) in [6.45, 7) is 2.58. The van der Waals surface area contributed by atoms with Gasteiger partial charge < -0.3 is 9.73 Å². The van der Waals surface area contributed by atoms with E-state index >= 15 is 0 Å². The molecule has 0 radical (unpaired) electrons. The quantitative estimate of drug-likeness (QED) is 0.712. The summed E-state index contributed by atoms with van der Waals surface area (Å²) >= 11 is 0. The largest absolute Gasteiger partial charge is 0.467 e. The zero-order valence-corrected chi connectivity index (χ0v) is 14.5. The summed E-state index contributed by atoms with van der Waals surface area (Å²) in [5.74, 6) is -0.597. The first kappa shape index (κ1) is 16.8. The van der Waals surface area contributed by atoms with Gasteiger partial charge in [0.1, 0.15) is 17.8 Å². The van der Waals surface area contributed by atoms with Crippen LogP contribution in [0, 0.1) is 11.8 Å². The lowest BCUT2D eigenvalue weighted by Crippen LogP contribution is -2.59. The van der Waals surface area contributed by atoms with E-state index in [1.54, 1.807) is 18.4 Å². The Kier molecular flexibility index (Phi) is 4.48. The summed E-state index contributed by atoms with van der Waals surface area (Å²) in [7, 11) is 0. The molecule has 0 aliphatic carbocycles. The highest BCUT2D eigenvalue weighted by Gasteiger charge is 2.50. The van der Waals surface area contributed by atoms with E-state index < -0.39 is 5.92 Å². The second kappa shape index (κ2) is 6.93. The van der Waals surface area contributed by atoms with Gasteiger partial charge in [-0.15, -0.1) is 0 Å². The van der Waals surface area contributed by atoms with Crippen LogP contribution in [0.3, 0.4) is 0 Å². The number of ketones is 1. The summed E-state index contributed by atoms with van der Waals surface area (Å²) < 4.78 is 5.22. The Balaban J connectivity index is 1.45. The van der Waals surface area contributed by atoms with Crippen molar-refractivity contribution in [3.05, 3.63) is 54.5 Å². The van der Waals surface area contributed by atoms with Crippen LogP contribution in [0.25, 0.3) is 0 Å². The standard InChI is InChI=1S/C19H22N4O3/c1-12-16-17(24)15(19(25)21-10-14-8-5-9-26-14)11-20-18(16)23(22-12)13-6-3-2-4-7-13/h2-9,12,15-16,18,20,22H,10-11H2,1H3,(H,21,25). The van der Waals surface area contributed by atoms with Gasteiger partial charge in [-0.05, 0) is 31.2 Å². The van der Waals surface area contributed by atoms with Crippen molar-refractivity contribution in [3.8, 4) is 0 Å². The summed E-state index contributed by atoms with van der Waals surface area (Å²) in [6, 6.07) is 13.4. The van der Waals surface area contributed by atoms with Crippen LogP contribution in [0.2, 0.25) is 0 Å². The molecule has 26 heavy (non-hydrogen) atoms. The number of furan rings is 1. The molecule has 0 spiro atoms. The maximum absolute atomic E-state index is 13.0. The number of Topliss-reactive ketones (excluding diaryl/α,β-unsaturated/α-hetero) is 1. The summed E-state index contributed by atoms with van der Waals surface area (Å²) in [5, 5.41) is 8.16. The van der Waals surface area contributed by atoms with Crippen molar-refractivity contribution in [1.29, 1.82) is 0 Å². The number of carbonyl (C=O) groups is 2. The molecule has 2 aliphatic heterocycles. The molecule has 7 heteroatoms. The van der Waals surface area contributed by atoms with Crippen LogP contribution in [0.15, 0.2) is 53.1 Å². The van der Waals surface area contributed by atoms with Crippen molar-refractivity contribution in [3.63, 3.8) is 0 Å². The second-order valence-electron chi connectivity index (χ2n) is 6.75. The van der Waals surface area contributed by atoms with Crippen LogP contribution >= 0.6 is 0 Å². The first-order valence-electron chi connectivity index (χ1n) is 8.83. The van der Waals surface area contributed by atoms with Crippen LogP contribution in [0.1, 0.15) is 12.7 Å². The van der Waals surface area contributed by atoms with Crippen molar-refractivity contribution in [1.82, 2.24) is 16.1 Å². The van der Waals surface area contributed by atoms with Crippen LogP contribution in [-0.4, -0.2) is 30.4 Å². The van der Waals surface area contributed by atoms with Crippen LogP contribution in [-0.2, 0) is 16.1 Å². The number of anilines is 1. The van der Waals surface area contributed by atoms with E-state index in [4.69, 9.17) is 4.42 Å². The van der Waals surface area contributed by atoms with Gasteiger partial charge in [0.15, 0.2) is 5.78 Å². The molecule has 1 aromatic carbocycles. The summed E-state index contributed by atoms with van der Waals surface area (Å²) in [6.07, 6.45) is 1.40. The fourth-order valence-electron chi connectivity index (χ4n) is 3.76. The van der Waals surface area contributed by atoms with Gasteiger partial charge in [0.05, 0.1) is 24.4 Å². The maximum atomic E-state index is 13.0.